The lowest BCUT2D eigenvalue weighted by molar-refractivity contribution is -0.143. The Kier molecular flexibility index (Phi) is 10.2. The number of amides is 4. The molecule has 0 saturated carbocycles. The molecule has 256 valence electrons. The van der Waals surface area contributed by atoms with Crippen LogP contribution in [0.25, 0.3) is 0 Å². The van der Waals surface area contributed by atoms with Gasteiger partial charge in [0, 0.05) is 68.7 Å². The van der Waals surface area contributed by atoms with E-state index in [0.717, 1.165) is 43.2 Å². The number of piperazine rings is 1. The summed E-state index contributed by atoms with van der Waals surface area (Å²) in [6.45, 7) is 5.73. The highest BCUT2D eigenvalue weighted by molar-refractivity contribution is 7.08. The van der Waals surface area contributed by atoms with Crippen molar-refractivity contribution in [2.45, 2.75) is 63.3 Å². The molecule has 2 aromatic rings. The Morgan fingerprint density at radius 2 is 1.68 bits per heavy atom. The molecule has 4 N–H and O–H groups in total. The van der Waals surface area contributed by atoms with Crippen LogP contribution < -0.4 is 16.4 Å². The maximum Gasteiger partial charge on any atom is 0.418 e. The first-order valence-electron chi connectivity index (χ1n) is 16.3. The number of urea groups is 1. The molecule has 4 aliphatic rings. The third kappa shape index (κ3) is 7.65. The number of nitrogens with two attached hydrogens (primary N) is 1. The predicted octanol–water partition coefficient (Wildman–Crippen LogP) is 4.49. The lowest BCUT2D eigenvalue weighted by Crippen LogP contribution is -2.55. The van der Waals surface area contributed by atoms with Crippen molar-refractivity contribution in [3.63, 3.8) is 0 Å². The van der Waals surface area contributed by atoms with Gasteiger partial charge in [-0.2, -0.15) is 13.2 Å². The monoisotopic (exact) mass is 695 g/mol. The van der Waals surface area contributed by atoms with Crippen molar-refractivity contribution < 1.29 is 27.6 Å². The highest BCUT2D eigenvalue weighted by Crippen LogP contribution is 2.39. The van der Waals surface area contributed by atoms with Gasteiger partial charge in [-0.1, -0.05) is 11.6 Å². The summed E-state index contributed by atoms with van der Waals surface area (Å²) in [4.78, 5) is 48.1. The van der Waals surface area contributed by atoms with Crippen LogP contribution in [0.2, 0.25) is 5.02 Å². The Hall–Kier alpha value is -3.07. The van der Waals surface area contributed by atoms with Crippen molar-refractivity contribution in [1.29, 1.82) is 0 Å². The minimum Gasteiger partial charge on any atom is -0.397 e. The summed E-state index contributed by atoms with van der Waals surface area (Å²) in [5.74, 6) is -1.33. The summed E-state index contributed by atoms with van der Waals surface area (Å²) in [5, 5.41) is 10.0. The summed E-state index contributed by atoms with van der Waals surface area (Å²) in [7, 11) is 0. The number of anilines is 2. The summed E-state index contributed by atoms with van der Waals surface area (Å²) in [5.41, 5.74) is 6.18. The molecular weight excluding hydrogens is 655 g/mol. The Balaban J connectivity index is 1.13. The summed E-state index contributed by atoms with van der Waals surface area (Å²) in [6, 6.07) is 2.59. The number of nitrogens with zero attached hydrogens (tertiary/aromatic N) is 4. The van der Waals surface area contributed by atoms with Gasteiger partial charge in [-0.15, -0.1) is 11.3 Å². The number of fused-ring (bicyclic) bond motifs is 1. The molecule has 4 aliphatic heterocycles. The second-order valence-corrected chi connectivity index (χ2v) is 14.1. The van der Waals surface area contributed by atoms with Crippen molar-refractivity contribution in [1.82, 2.24) is 24.9 Å². The number of benzene rings is 1. The molecule has 1 aromatic carbocycles. The number of nitrogen functional groups attached to an aromatic ring is 1. The zero-order valence-electron chi connectivity index (χ0n) is 26.2. The van der Waals surface area contributed by atoms with Crippen LogP contribution in [0.5, 0.6) is 0 Å². The fourth-order valence-corrected chi connectivity index (χ4v) is 8.38. The van der Waals surface area contributed by atoms with E-state index in [-0.39, 0.29) is 47.3 Å². The van der Waals surface area contributed by atoms with Crippen LogP contribution in [0.3, 0.4) is 0 Å². The Morgan fingerprint density at radius 1 is 0.979 bits per heavy atom. The number of alkyl halides is 3. The Labute approximate surface area is 281 Å². The minimum absolute atomic E-state index is 0.0292. The van der Waals surface area contributed by atoms with Gasteiger partial charge in [0.2, 0.25) is 11.8 Å². The van der Waals surface area contributed by atoms with Crippen LogP contribution in [0, 0.1) is 5.92 Å². The van der Waals surface area contributed by atoms with Gasteiger partial charge in [-0.3, -0.25) is 14.5 Å². The number of rotatable bonds is 7. The summed E-state index contributed by atoms with van der Waals surface area (Å²) in [6.07, 6.45) is -1.63. The van der Waals surface area contributed by atoms with E-state index in [1.54, 1.807) is 9.80 Å². The molecule has 0 aliphatic carbocycles. The maximum atomic E-state index is 14.0. The fraction of sp³-hybridized carbons (Fsp3) is 0.594. The number of carbonyl (C=O) groups excluding carboxylic acids is 3. The van der Waals surface area contributed by atoms with Gasteiger partial charge in [-0.05, 0) is 68.3 Å². The first-order chi connectivity index (χ1) is 22.5. The van der Waals surface area contributed by atoms with E-state index in [1.807, 2.05) is 15.7 Å². The molecule has 1 aromatic heterocycles. The van der Waals surface area contributed by atoms with E-state index in [1.165, 1.54) is 17.4 Å². The molecule has 0 radical (unpaired) electrons. The third-order valence-electron chi connectivity index (χ3n) is 10.0. The van der Waals surface area contributed by atoms with Gasteiger partial charge in [0.1, 0.15) is 0 Å². The van der Waals surface area contributed by atoms with E-state index < -0.39 is 23.3 Å². The molecule has 0 spiro atoms. The van der Waals surface area contributed by atoms with Gasteiger partial charge >= 0.3 is 12.2 Å². The van der Waals surface area contributed by atoms with Crippen LogP contribution in [0.15, 0.2) is 22.9 Å². The average molecular weight is 696 g/mol. The van der Waals surface area contributed by atoms with Crippen molar-refractivity contribution in [2.24, 2.45) is 5.92 Å². The first-order valence-corrected chi connectivity index (χ1v) is 17.6. The smallest absolute Gasteiger partial charge is 0.397 e. The zero-order chi connectivity index (χ0) is 33.3. The van der Waals surface area contributed by atoms with Crippen LogP contribution in [0.1, 0.15) is 48.8 Å². The lowest BCUT2D eigenvalue weighted by atomic mass is 9.91. The van der Waals surface area contributed by atoms with Crippen LogP contribution in [-0.2, 0) is 28.7 Å². The maximum absolute atomic E-state index is 14.0. The van der Waals surface area contributed by atoms with E-state index in [4.69, 9.17) is 17.3 Å². The number of nitrogens with one attached hydrogen (secondary N) is 2. The molecule has 1 atom stereocenters. The SMILES string of the molecule is Nc1c(Cl)cc(C[C@@H](CC(=O)N2CCC(N3Cc4cscc4NC3=O)CC2)C(=O)N2CCN(C3CCNCC3)CC2)cc1C(F)(F)F. The normalized spacial score (nSPS) is 21.0. The molecule has 0 unspecified atom stereocenters. The van der Waals surface area contributed by atoms with Crippen molar-refractivity contribution in [3.8, 4) is 0 Å². The topological polar surface area (TPSA) is 114 Å². The molecule has 4 amide bonds. The van der Waals surface area contributed by atoms with Crippen molar-refractivity contribution >= 4 is 52.2 Å². The molecular formula is C32H41ClF3N7O3S. The number of carbonyl (C=O) groups is 3. The fourth-order valence-electron chi connectivity index (χ4n) is 7.35. The number of hydrogen-bond donors (Lipinski definition) is 3. The average Bonchev–Trinajstić information content (AvgIpc) is 3.52. The highest BCUT2D eigenvalue weighted by Gasteiger charge is 2.38. The van der Waals surface area contributed by atoms with Crippen molar-refractivity contribution in [3.05, 3.63) is 44.6 Å². The highest BCUT2D eigenvalue weighted by atomic mass is 35.5. The van der Waals surface area contributed by atoms with Crippen molar-refractivity contribution in [2.75, 3.05) is 63.4 Å². The second-order valence-electron chi connectivity index (χ2n) is 13.0. The molecule has 3 fully saturated rings. The van der Waals surface area contributed by atoms with E-state index >= 15 is 0 Å². The molecule has 15 heteroatoms. The molecule has 0 bridgehead atoms. The predicted molar refractivity (Wildman–Crippen MR) is 175 cm³/mol. The third-order valence-corrected chi connectivity index (χ3v) is 11.1. The number of piperidine rings is 2. The molecule has 3 saturated heterocycles. The van der Waals surface area contributed by atoms with Gasteiger partial charge in [0.25, 0.3) is 0 Å². The van der Waals surface area contributed by atoms with Crippen LogP contribution in [-0.4, -0.2) is 102 Å². The van der Waals surface area contributed by atoms with Gasteiger partial charge < -0.3 is 31.1 Å². The molecule has 5 heterocycles. The quantitative estimate of drug-likeness (QED) is 0.368. The van der Waals surface area contributed by atoms with E-state index in [0.29, 0.717) is 64.7 Å². The molecule has 10 nitrogen and oxygen atoms in total. The number of hydrogen-bond acceptors (Lipinski definition) is 7. The largest absolute Gasteiger partial charge is 0.418 e. The Bertz CT molecular complexity index is 1470. The summed E-state index contributed by atoms with van der Waals surface area (Å²) >= 11 is 7.67. The van der Waals surface area contributed by atoms with Gasteiger partial charge in [-0.25, -0.2) is 4.79 Å². The van der Waals surface area contributed by atoms with Crippen LogP contribution >= 0.6 is 22.9 Å². The van der Waals surface area contributed by atoms with Crippen LogP contribution in [0.4, 0.5) is 29.3 Å². The molecule has 6 rings (SSSR count). The van der Waals surface area contributed by atoms with Gasteiger partial charge in [0.05, 0.1) is 34.4 Å². The second kappa shape index (κ2) is 14.2. The summed E-state index contributed by atoms with van der Waals surface area (Å²) < 4.78 is 41.3. The number of thiophene rings is 1. The number of halogens is 4. The van der Waals surface area contributed by atoms with Gasteiger partial charge in [0.15, 0.2) is 0 Å². The zero-order valence-corrected chi connectivity index (χ0v) is 27.7. The standard InChI is InChI=1S/C32H41ClF3N7O3S/c33-26-15-20(14-25(29(26)37)32(34,35)36)13-21(30(45)42-11-9-40(10-12-42)23-1-5-38-6-2-23)16-28(44)41-7-3-24(4-8-41)43-17-22-18-47-19-27(22)39-31(43)46/h14-15,18-19,21,23-24,38H,1-13,16-17,37H2,(H,39,46)/t21-/m0/s1. The van der Waals surface area contributed by atoms with E-state index in [9.17, 15) is 27.6 Å². The minimum atomic E-state index is -4.72. The molecule has 47 heavy (non-hydrogen) atoms. The number of likely N-dealkylation sites (tertiary alicyclic amines) is 1. The lowest BCUT2D eigenvalue weighted by Gasteiger charge is -2.42. The Morgan fingerprint density at radius 3 is 2.36 bits per heavy atom. The van der Waals surface area contributed by atoms with E-state index in [2.05, 4.69) is 15.5 Å². The first kappa shape index (κ1) is 33.8.